The Morgan fingerprint density at radius 1 is 0.774 bits per heavy atom. The van der Waals surface area contributed by atoms with Crippen molar-refractivity contribution in [1.82, 2.24) is 5.43 Å². The van der Waals surface area contributed by atoms with E-state index in [0.717, 1.165) is 11.1 Å². The molecule has 0 aliphatic rings. The van der Waals surface area contributed by atoms with Gasteiger partial charge in [0, 0.05) is 11.1 Å². The third kappa shape index (κ3) is 5.70. The first kappa shape index (κ1) is 21.6. The quantitative estimate of drug-likeness (QED) is 0.344. The zero-order chi connectivity index (χ0) is 22.1. The van der Waals surface area contributed by atoms with Crippen LogP contribution < -0.4 is 14.9 Å². The first-order valence-electron chi connectivity index (χ1n) is 9.49. The maximum absolute atomic E-state index is 12.3. The molecule has 0 saturated heterocycles. The third-order valence-electron chi connectivity index (χ3n) is 4.34. The number of carbonyl (C=O) groups excluding carboxylic acids is 2. The van der Waals surface area contributed by atoms with Crippen molar-refractivity contribution in [1.29, 1.82) is 0 Å². The van der Waals surface area contributed by atoms with Crippen LogP contribution in [0.1, 0.15) is 21.5 Å². The summed E-state index contributed by atoms with van der Waals surface area (Å²) in [6, 6.07) is 23.6. The lowest BCUT2D eigenvalue weighted by Gasteiger charge is -2.10. The smallest absolute Gasteiger partial charge is 0.338 e. The van der Waals surface area contributed by atoms with E-state index in [4.69, 9.17) is 14.2 Å². The Labute approximate surface area is 180 Å². The monoisotopic (exact) mass is 418 g/mol. The number of nitrogens with one attached hydrogen (secondary N) is 1. The molecule has 31 heavy (non-hydrogen) atoms. The van der Waals surface area contributed by atoms with Crippen molar-refractivity contribution < 1.29 is 23.8 Å². The van der Waals surface area contributed by atoms with E-state index in [2.05, 4.69) is 10.5 Å². The third-order valence-corrected chi connectivity index (χ3v) is 4.34. The SMILES string of the molecule is COc1ccc(C(=O)OCC(=O)NN=C(c2ccccc2)c2ccccc2)cc1OC. The van der Waals surface area contributed by atoms with E-state index in [0.29, 0.717) is 17.2 Å². The summed E-state index contributed by atoms with van der Waals surface area (Å²) in [4.78, 5) is 24.5. The van der Waals surface area contributed by atoms with Crippen LogP contribution in [0, 0.1) is 0 Å². The summed E-state index contributed by atoms with van der Waals surface area (Å²) in [7, 11) is 2.97. The number of benzene rings is 3. The molecule has 0 atom stereocenters. The van der Waals surface area contributed by atoms with Crippen molar-refractivity contribution in [3.05, 3.63) is 95.6 Å². The van der Waals surface area contributed by atoms with Gasteiger partial charge in [-0.3, -0.25) is 4.79 Å². The van der Waals surface area contributed by atoms with Gasteiger partial charge in [-0.1, -0.05) is 60.7 Å². The average Bonchev–Trinajstić information content (AvgIpc) is 2.83. The Hall–Kier alpha value is -4.13. The van der Waals surface area contributed by atoms with Crippen molar-refractivity contribution in [3.8, 4) is 11.5 Å². The standard InChI is InChI=1S/C24H22N2O5/c1-29-20-14-13-19(15-21(20)30-2)24(28)31-16-22(27)25-26-23(17-9-5-3-6-10-17)18-11-7-4-8-12-18/h3-15H,16H2,1-2H3,(H,25,27). The lowest BCUT2D eigenvalue weighted by molar-refractivity contribution is -0.124. The maximum Gasteiger partial charge on any atom is 0.338 e. The molecular weight excluding hydrogens is 396 g/mol. The van der Waals surface area contributed by atoms with Crippen molar-refractivity contribution in [2.24, 2.45) is 5.10 Å². The van der Waals surface area contributed by atoms with Crippen LogP contribution in [0.25, 0.3) is 0 Å². The molecule has 0 aliphatic carbocycles. The van der Waals surface area contributed by atoms with Gasteiger partial charge in [-0.2, -0.15) is 5.10 Å². The summed E-state index contributed by atoms with van der Waals surface area (Å²) in [5.41, 5.74) is 4.98. The Bertz CT molecular complexity index is 1020. The van der Waals surface area contributed by atoms with E-state index in [1.54, 1.807) is 6.07 Å². The highest BCUT2D eigenvalue weighted by Gasteiger charge is 2.14. The molecule has 3 aromatic carbocycles. The van der Waals surface area contributed by atoms with E-state index in [1.165, 1.54) is 26.4 Å². The fourth-order valence-corrected chi connectivity index (χ4v) is 2.82. The molecule has 0 radical (unpaired) electrons. The fourth-order valence-electron chi connectivity index (χ4n) is 2.82. The van der Waals surface area contributed by atoms with Crippen LogP contribution in [-0.4, -0.2) is 38.4 Å². The molecule has 0 saturated carbocycles. The second-order valence-electron chi connectivity index (χ2n) is 6.37. The molecule has 0 heterocycles. The van der Waals surface area contributed by atoms with E-state index >= 15 is 0 Å². The Morgan fingerprint density at radius 2 is 1.35 bits per heavy atom. The normalized spacial score (nSPS) is 10.0. The number of carbonyl (C=O) groups is 2. The van der Waals surface area contributed by atoms with Crippen LogP contribution in [0.4, 0.5) is 0 Å². The van der Waals surface area contributed by atoms with Gasteiger partial charge >= 0.3 is 5.97 Å². The number of hydrazone groups is 1. The molecule has 3 aromatic rings. The van der Waals surface area contributed by atoms with Crippen LogP contribution in [0.2, 0.25) is 0 Å². The van der Waals surface area contributed by atoms with Crippen LogP contribution in [-0.2, 0) is 9.53 Å². The minimum atomic E-state index is -0.661. The number of hydrogen-bond acceptors (Lipinski definition) is 6. The van der Waals surface area contributed by atoms with Crippen molar-refractivity contribution >= 4 is 17.6 Å². The van der Waals surface area contributed by atoms with Gasteiger partial charge in [-0.25, -0.2) is 10.2 Å². The molecule has 0 unspecified atom stereocenters. The summed E-state index contributed by atoms with van der Waals surface area (Å²) in [5.74, 6) is -0.341. The predicted molar refractivity (Wildman–Crippen MR) is 116 cm³/mol. The summed E-state index contributed by atoms with van der Waals surface area (Å²) in [6.07, 6.45) is 0. The van der Waals surface area contributed by atoms with E-state index in [9.17, 15) is 9.59 Å². The van der Waals surface area contributed by atoms with E-state index in [1.807, 2.05) is 60.7 Å². The van der Waals surface area contributed by atoms with Gasteiger partial charge < -0.3 is 14.2 Å². The first-order chi connectivity index (χ1) is 15.1. The highest BCUT2D eigenvalue weighted by molar-refractivity contribution is 6.13. The second kappa shape index (κ2) is 10.6. The summed E-state index contributed by atoms with van der Waals surface area (Å²) in [6.45, 7) is -0.479. The molecule has 158 valence electrons. The van der Waals surface area contributed by atoms with Gasteiger partial charge in [0.25, 0.3) is 5.91 Å². The Morgan fingerprint density at radius 3 is 1.90 bits per heavy atom. The van der Waals surface area contributed by atoms with Crippen LogP contribution >= 0.6 is 0 Å². The number of methoxy groups -OCH3 is 2. The average molecular weight is 418 g/mol. The molecule has 0 fully saturated rings. The highest BCUT2D eigenvalue weighted by Crippen LogP contribution is 2.27. The molecular formula is C24H22N2O5. The van der Waals surface area contributed by atoms with Crippen molar-refractivity contribution in [2.45, 2.75) is 0 Å². The first-order valence-corrected chi connectivity index (χ1v) is 9.49. The lowest BCUT2D eigenvalue weighted by Crippen LogP contribution is -2.26. The topological polar surface area (TPSA) is 86.2 Å². The van der Waals surface area contributed by atoms with Gasteiger partial charge in [-0.15, -0.1) is 0 Å². The largest absolute Gasteiger partial charge is 0.493 e. The van der Waals surface area contributed by atoms with Crippen molar-refractivity contribution in [2.75, 3.05) is 20.8 Å². The molecule has 7 nitrogen and oxygen atoms in total. The summed E-state index contributed by atoms with van der Waals surface area (Å²) >= 11 is 0. The van der Waals surface area contributed by atoms with Gasteiger partial charge in [0.1, 0.15) is 0 Å². The molecule has 7 heteroatoms. The number of rotatable bonds is 8. The minimum Gasteiger partial charge on any atom is -0.493 e. The molecule has 0 bridgehead atoms. The molecule has 0 aliphatic heterocycles. The van der Waals surface area contributed by atoms with Crippen molar-refractivity contribution in [3.63, 3.8) is 0 Å². The number of esters is 1. The molecule has 0 aromatic heterocycles. The Balaban J connectivity index is 1.66. The van der Waals surface area contributed by atoms with Crippen LogP contribution in [0.5, 0.6) is 11.5 Å². The molecule has 3 rings (SSSR count). The molecule has 0 spiro atoms. The van der Waals surface area contributed by atoms with Gasteiger partial charge in [0.05, 0.1) is 25.5 Å². The van der Waals surface area contributed by atoms with E-state index < -0.39 is 18.5 Å². The summed E-state index contributed by atoms with van der Waals surface area (Å²) in [5, 5.41) is 4.25. The maximum atomic E-state index is 12.3. The molecule has 1 N–H and O–H groups in total. The number of ether oxygens (including phenoxy) is 3. The summed E-state index contributed by atoms with van der Waals surface area (Å²) < 4.78 is 15.4. The molecule has 1 amide bonds. The van der Waals surface area contributed by atoms with Gasteiger partial charge in [0.15, 0.2) is 18.1 Å². The predicted octanol–water partition coefficient (Wildman–Crippen LogP) is 3.43. The zero-order valence-corrected chi connectivity index (χ0v) is 17.2. The number of amides is 1. The zero-order valence-electron chi connectivity index (χ0n) is 17.2. The van der Waals surface area contributed by atoms with E-state index in [-0.39, 0.29) is 5.56 Å². The highest BCUT2D eigenvalue weighted by atomic mass is 16.5. The Kier molecular flexibility index (Phi) is 7.37. The van der Waals surface area contributed by atoms with Gasteiger partial charge in [0.2, 0.25) is 0 Å². The minimum absolute atomic E-state index is 0.239. The lowest BCUT2D eigenvalue weighted by atomic mass is 10.0. The number of nitrogens with zero attached hydrogens (tertiary/aromatic N) is 1. The number of hydrogen-bond donors (Lipinski definition) is 1. The van der Waals surface area contributed by atoms with Crippen LogP contribution in [0.15, 0.2) is 84.0 Å². The van der Waals surface area contributed by atoms with Gasteiger partial charge in [-0.05, 0) is 18.2 Å². The fraction of sp³-hybridized carbons (Fsp3) is 0.125. The second-order valence-corrected chi connectivity index (χ2v) is 6.37. The van der Waals surface area contributed by atoms with Crippen LogP contribution in [0.3, 0.4) is 0 Å².